The van der Waals surface area contributed by atoms with Gasteiger partial charge in [0.1, 0.15) is 0 Å². The maximum atomic E-state index is 11.8. The van der Waals surface area contributed by atoms with Gasteiger partial charge in [0.15, 0.2) is 12.4 Å². The summed E-state index contributed by atoms with van der Waals surface area (Å²) in [6, 6.07) is 5.10. The molecule has 2 aromatic heterocycles. The second-order valence-corrected chi connectivity index (χ2v) is 4.32. The van der Waals surface area contributed by atoms with Crippen LogP contribution in [0.4, 0.5) is 5.95 Å². The van der Waals surface area contributed by atoms with E-state index < -0.39 is 0 Å². The van der Waals surface area contributed by atoms with E-state index in [1.165, 1.54) is 0 Å². The van der Waals surface area contributed by atoms with Gasteiger partial charge < -0.3 is 5.73 Å². The average molecular weight is 286 g/mol. The maximum absolute atomic E-state index is 11.8. The Bertz CT molecular complexity index is 649. The first-order valence-electron chi connectivity index (χ1n) is 6.23. The van der Waals surface area contributed by atoms with E-state index in [1.807, 2.05) is 19.9 Å². The van der Waals surface area contributed by atoms with E-state index in [1.54, 1.807) is 24.5 Å². The number of aryl methyl sites for hydroxylation is 2. The van der Waals surface area contributed by atoms with Gasteiger partial charge in [-0.15, -0.1) is 0 Å². The van der Waals surface area contributed by atoms with E-state index in [4.69, 9.17) is 5.73 Å². The van der Waals surface area contributed by atoms with Gasteiger partial charge in [0, 0.05) is 23.5 Å². The van der Waals surface area contributed by atoms with Crippen LogP contribution in [-0.4, -0.2) is 21.8 Å². The molecular formula is C13H16N7O+. The van der Waals surface area contributed by atoms with Crippen LogP contribution >= 0.6 is 0 Å². The topological polar surface area (TPSA) is 119 Å². The SMILES string of the molecule is Cc1cc(C)nc(N=C(N)NNC(=O)c2cc[nH+]cc2)n1. The fourth-order valence-electron chi connectivity index (χ4n) is 1.62. The Morgan fingerprint density at radius 2 is 1.81 bits per heavy atom. The largest absolute Gasteiger partial charge is 0.368 e. The zero-order valence-corrected chi connectivity index (χ0v) is 11.7. The van der Waals surface area contributed by atoms with Crippen molar-refractivity contribution in [1.29, 1.82) is 0 Å². The summed E-state index contributed by atoms with van der Waals surface area (Å²) in [7, 11) is 0. The highest BCUT2D eigenvalue weighted by Gasteiger charge is 2.06. The van der Waals surface area contributed by atoms with E-state index >= 15 is 0 Å². The lowest BCUT2D eigenvalue weighted by molar-refractivity contribution is -0.378. The first-order valence-corrected chi connectivity index (χ1v) is 6.23. The predicted molar refractivity (Wildman–Crippen MR) is 76.4 cm³/mol. The summed E-state index contributed by atoms with van der Waals surface area (Å²) in [4.78, 5) is 26.8. The number of hydrogen-bond donors (Lipinski definition) is 3. The number of hydrazine groups is 1. The summed E-state index contributed by atoms with van der Waals surface area (Å²) in [6.07, 6.45) is 3.30. The molecule has 0 saturated carbocycles. The molecule has 0 spiro atoms. The van der Waals surface area contributed by atoms with Crippen molar-refractivity contribution in [1.82, 2.24) is 20.8 Å². The third kappa shape index (κ3) is 4.23. The molecule has 0 aromatic carbocycles. The van der Waals surface area contributed by atoms with Crippen molar-refractivity contribution in [2.45, 2.75) is 13.8 Å². The van der Waals surface area contributed by atoms with Gasteiger partial charge in [0.05, 0.1) is 5.56 Å². The van der Waals surface area contributed by atoms with Gasteiger partial charge in [-0.05, 0) is 19.9 Å². The molecular weight excluding hydrogens is 270 g/mol. The molecule has 108 valence electrons. The van der Waals surface area contributed by atoms with Gasteiger partial charge >= 0.3 is 0 Å². The Kier molecular flexibility index (Phi) is 4.39. The van der Waals surface area contributed by atoms with Crippen molar-refractivity contribution < 1.29 is 9.78 Å². The summed E-state index contributed by atoms with van der Waals surface area (Å²) in [6.45, 7) is 3.68. The van der Waals surface area contributed by atoms with Crippen LogP contribution in [0.15, 0.2) is 35.6 Å². The zero-order chi connectivity index (χ0) is 15.2. The summed E-state index contributed by atoms with van der Waals surface area (Å²) in [5.74, 6) is -0.0969. The number of pyridine rings is 1. The first-order chi connectivity index (χ1) is 10.0. The van der Waals surface area contributed by atoms with Crippen LogP contribution in [0.1, 0.15) is 21.7 Å². The Morgan fingerprint density at radius 3 is 2.43 bits per heavy atom. The molecule has 0 bridgehead atoms. The fourth-order valence-corrected chi connectivity index (χ4v) is 1.62. The minimum atomic E-state index is -0.330. The average Bonchev–Trinajstić information content (AvgIpc) is 2.44. The predicted octanol–water partition coefficient (Wildman–Crippen LogP) is -0.212. The maximum Gasteiger partial charge on any atom is 0.270 e. The second kappa shape index (κ2) is 6.42. The van der Waals surface area contributed by atoms with Gasteiger partial charge in [0.2, 0.25) is 5.96 Å². The summed E-state index contributed by atoms with van der Waals surface area (Å²) in [5.41, 5.74) is 12.7. The Morgan fingerprint density at radius 1 is 1.19 bits per heavy atom. The number of carbonyl (C=O) groups excluding carboxylic acids is 1. The monoisotopic (exact) mass is 286 g/mol. The highest BCUT2D eigenvalue weighted by Crippen LogP contribution is 2.06. The molecule has 2 heterocycles. The second-order valence-electron chi connectivity index (χ2n) is 4.32. The number of amides is 1. The lowest BCUT2D eigenvalue weighted by Gasteiger charge is -2.06. The lowest BCUT2D eigenvalue weighted by atomic mass is 10.3. The van der Waals surface area contributed by atoms with Crippen LogP contribution in [0.5, 0.6) is 0 Å². The Labute approximate surface area is 121 Å². The molecule has 8 heteroatoms. The van der Waals surface area contributed by atoms with Gasteiger partial charge in [-0.1, -0.05) is 0 Å². The molecule has 0 saturated heterocycles. The minimum absolute atomic E-state index is 0.00385. The summed E-state index contributed by atoms with van der Waals surface area (Å²) >= 11 is 0. The Hall–Kier alpha value is -3.03. The van der Waals surface area contributed by atoms with E-state index in [0.717, 1.165) is 11.4 Å². The van der Waals surface area contributed by atoms with Crippen LogP contribution in [0.3, 0.4) is 0 Å². The highest BCUT2D eigenvalue weighted by atomic mass is 16.2. The molecule has 1 amide bonds. The molecule has 0 atom stereocenters. The zero-order valence-electron chi connectivity index (χ0n) is 11.7. The fraction of sp³-hybridized carbons (Fsp3) is 0.154. The number of aromatic nitrogens is 3. The number of aromatic amines is 1. The van der Waals surface area contributed by atoms with Crippen molar-refractivity contribution >= 4 is 17.8 Å². The number of nitrogens with zero attached hydrogens (tertiary/aromatic N) is 3. The number of H-pyrrole nitrogens is 1. The third-order valence-corrected chi connectivity index (χ3v) is 2.48. The molecule has 0 unspecified atom stereocenters. The van der Waals surface area contributed by atoms with Crippen LogP contribution in [0.2, 0.25) is 0 Å². The lowest BCUT2D eigenvalue weighted by Crippen LogP contribution is -2.45. The number of nitrogens with one attached hydrogen (secondary N) is 3. The van der Waals surface area contributed by atoms with Crippen molar-refractivity contribution in [3.63, 3.8) is 0 Å². The van der Waals surface area contributed by atoms with Crippen molar-refractivity contribution in [2.75, 3.05) is 0 Å². The molecule has 0 fully saturated rings. The molecule has 8 nitrogen and oxygen atoms in total. The molecule has 0 radical (unpaired) electrons. The number of aliphatic imine (C=N–C) groups is 1. The number of guanidine groups is 1. The van der Waals surface area contributed by atoms with Gasteiger partial charge in [0.25, 0.3) is 11.9 Å². The molecule has 2 aromatic rings. The standard InChI is InChI=1S/C13H15N7O/c1-8-7-9(2)17-13(16-8)18-12(14)20-19-11(21)10-3-5-15-6-4-10/h3-7H,1-2H3,(H,19,21)(H3,14,16,17,18,20)/p+1. The van der Waals surface area contributed by atoms with Crippen LogP contribution in [0, 0.1) is 13.8 Å². The number of carbonyl (C=O) groups is 1. The summed E-state index contributed by atoms with van der Waals surface area (Å²) < 4.78 is 0. The normalized spacial score (nSPS) is 11.0. The number of nitrogens with two attached hydrogens (primary N) is 1. The molecule has 0 aliphatic heterocycles. The number of rotatable bonds is 2. The molecule has 0 aliphatic carbocycles. The molecule has 5 N–H and O–H groups in total. The van der Waals surface area contributed by atoms with E-state index in [9.17, 15) is 4.79 Å². The Balaban J connectivity index is 1.99. The first kappa shape index (κ1) is 14.4. The number of hydrogen-bond acceptors (Lipinski definition) is 4. The minimum Gasteiger partial charge on any atom is -0.368 e. The highest BCUT2D eigenvalue weighted by molar-refractivity contribution is 5.95. The quantitative estimate of drug-likeness (QED) is 0.401. The van der Waals surface area contributed by atoms with E-state index in [2.05, 4.69) is 30.8 Å². The summed E-state index contributed by atoms with van der Waals surface area (Å²) in [5, 5.41) is 0. The molecule has 2 rings (SSSR count). The van der Waals surface area contributed by atoms with Crippen LogP contribution < -0.4 is 21.6 Å². The smallest absolute Gasteiger partial charge is 0.270 e. The van der Waals surface area contributed by atoms with Gasteiger partial charge in [-0.2, -0.15) is 4.99 Å². The van der Waals surface area contributed by atoms with Gasteiger partial charge in [-0.3, -0.25) is 15.6 Å². The van der Waals surface area contributed by atoms with E-state index in [-0.39, 0.29) is 17.8 Å². The van der Waals surface area contributed by atoms with Crippen LogP contribution in [-0.2, 0) is 0 Å². The van der Waals surface area contributed by atoms with Gasteiger partial charge in [-0.25, -0.2) is 15.0 Å². The molecule has 21 heavy (non-hydrogen) atoms. The third-order valence-electron chi connectivity index (χ3n) is 2.48. The van der Waals surface area contributed by atoms with Crippen LogP contribution in [0.25, 0.3) is 0 Å². The van der Waals surface area contributed by atoms with Crippen molar-refractivity contribution in [3.05, 3.63) is 47.5 Å². The van der Waals surface area contributed by atoms with E-state index in [0.29, 0.717) is 5.56 Å². The van der Waals surface area contributed by atoms with Crippen molar-refractivity contribution in [3.8, 4) is 0 Å². The molecule has 0 aliphatic rings. The van der Waals surface area contributed by atoms with Crippen molar-refractivity contribution in [2.24, 2.45) is 10.7 Å².